The summed E-state index contributed by atoms with van der Waals surface area (Å²) in [4.78, 5) is 29.3. The van der Waals surface area contributed by atoms with Gasteiger partial charge in [-0.05, 0) is 52.8 Å². The monoisotopic (exact) mass is 611 g/mol. The van der Waals surface area contributed by atoms with Crippen molar-refractivity contribution in [1.82, 2.24) is 10.2 Å². The van der Waals surface area contributed by atoms with E-state index in [-0.39, 0.29) is 24.3 Å². The third kappa shape index (κ3) is 9.60. The average molecular weight is 612 g/mol. The molecule has 1 atom stereocenters. The minimum atomic E-state index is -3.83. The van der Waals surface area contributed by atoms with Crippen LogP contribution in [-0.2, 0) is 38.0 Å². The van der Waals surface area contributed by atoms with Gasteiger partial charge in [-0.3, -0.25) is 13.9 Å². The third-order valence-electron chi connectivity index (χ3n) is 7.07. The minimum absolute atomic E-state index is 0.106. The number of carbonyl (C=O) groups is 2. The van der Waals surface area contributed by atoms with Gasteiger partial charge >= 0.3 is 0 Å². The Morgan fingerprint density at radius 3 is 2.07 bits per heavy atom. The van der Waals surface area contributed by atoms with Gasteiger partial charge in [0.15, 0.2) is 0 Å². The Bertz CT molecular complexity index is 1420. The van der Waals surface area contributed by atoms with Gasteiger partial charge < -0.3 is 10.2 Å². The highest BCUT2D eigenvalue weighted by Gasteiger charge is 2.33. The summed E-state index contributed by atoms with van der Waals surface area (Å²) in [7, 11) is -3.83. The summed E-state index contributed by atoms with van der Waals surface area (Å²) in [5.74, 6) is -0.767. The Morgan fingerprint density at radius 2 is 1.52 bits per heavy atom. The molecule has 9 heteroatoms. The molecule has 0 unspecified atom stereocenters. The van der Waals surface area contributed by atoms with Gasteiger partial charge in [-0.25, -0.2) is 8.42 Å². The first-order chi connectivity index (χ1) is 19.8. The van der Waals surface area contributed by atoms with Crippen molar-refractivity contribution in [2.24, 2.45) is 0 Å². The van der Waals surface area contributed by atoms with E-state index in [1.54, 1.807) is 36.4 Å². The van der Waals surface area contributed by atoms with Crippen LogP contribution in [0.5, 0.6) is 0 Å². The number of hydrogen-bond acceptors (Lipinski definition) is 4. The van der Waals surface area contributed by atoms with E-state index in [0.29, 0.717) is 17.3 Å². The van der Waals surface area contributed by atoms with Crippen LogP contribution in [0.2, 0.25) is 5.02 Å². The summed E-state index contributed by atoms with van der Waals surface area (Å²) in [6.07, 6.45) is 3.08. The number of benzene rings is 3. The maximum atomic E-state index is 14.2. The van der Waals surface area contributed by atoms with E-state index in [1.807, 2.05) is 49.4 Å². The first-order valence-electron chi connectivity index (χ1n) is 14.2. The summed E-state index contributed by atoms with van der Waals surface area (Å²) < 4.78 is 27.1. The van der Waals surface area contributed by atoms with Gasteiger partial charge in [-0.1, -0.05) is 100 Å². The number of amides is 2. The van der Waals surface area contributed by atoms with E-state index in [4.69, 9.17) is 11.6 Å². The fraction of sp³-hybridized carbons (Fsp3) is 0.394. The number of nitrogens with zero attached hydrogens (tertiary/aromatic N) is 2. The Morgan fingerprint density at radius 1 is 0.905 bits per heavy atom. The number of hydrogen-bond donors (Lipinski definition) is 1. The van der Waals surface area contributed by atoms with Crippen molar-refractivity contribution in [3.8, 4) is 0 Å². The molecule has 7 nitrogen and oxygen atoms in total. The SMILES string of the molecule is CCCCNC(=O)[C@H](Cc1ccccc1)N(Cc1ccc(Cl)cc1)C(=O)CN(c1ccc(C(C)(C)C)cc1)S(C)(=O)=O. The zero-order valence-electron chi connectivity index (χ0n) is 25.1. The molecule has 0 heterocycles. The quantitative estimate of drug-likeness (QED) is 0.242. The van der Waals surface area contributed by atoms with Crippen LogP contribution < -0.4 is 9.62 Å². The molecule has 0 bridgehead atoms. The van der Waals surface area contributed by atoms with E-state index in [9.17, 15) is 18.0 Å². The van der Waals surface area contributed by atoms with Crippen molar-refractivity contribution >= 4 is 39.1 Å². The predicted octanol–water partition coefficient (Wildman–Crippen LogP) is 5.96. The summed E-state index contributed by atoms with van der Waals surface area (Å²) in [6.45, 7) is 8.41. The molecule has 3 aromatic carbocycles. The Hall–Kier alpha value is -3.36. The van der Waals surface area contributed by atoms with E-state index in [0.717, 1.165) is 40.1 Å². The van der Waals surface area contributed by atoms with Crippen LogP contribution in [0.1, 0.15) is 57.2 Å². The normalized spacial score (nSPS) is 12.4. The van der Waals surface area contributed by atoms with E-state index >= 15 is 0 Å². The largest absolute Gasteiger partial charge is 0.354 e. The van der Waals surface area contributed by atoms with Crippen molar-refractivity contribution in [2.75, 3.05) is 23.7 Å². The summed E-state index contributed by atoms with van der Waals surface area (Å²) in [5.41, 5.74) is 2.97. The fourth-order valence-corrected chi connectivity index (χ4v) is 5.56. The molecule has 0 saturated heterocycles. The highest BCUT2D eigenvalue weighted by Crippen LogP contribution is 2.26. The average Bonchev–Trinajstić information content (AvgIpc) is 2.94. The van der Waals surface area contributed by atoms with Crippen LogP contribution in [0.4, 0.5) is 5.69 Å². The molecule has 3 rings (SSSR count). The molecule has 2 amide bonds. The van der Waals surface area contributed by atoms with Crippen LogP contribution in [0, 0.1) is 0 Å². The van der Waals surface area contributed by atoms with Gasteiger partial charge in [-0.2, -0.15) is 0 Å². The lowest BCUT2D eigenvalue weighted by Gasteiger charge is -2.33. The second-order valence-electron chi connectivity index (χ2n) is 11.6. The number of rotatable bonds is 13. The zero-order chi connectivity index (χ0) is 30.9. The number of carbonyl (C=O) groups excluding carboxylic acids is 2. The van der Waals surface area contributed by atoms with Crippen LogP contribution in [0.25, 0.3) is 0 Å². The second kappa shape index (κ2) is 14.7. The van der Waals surface area contributed by atoms with Crippen molar-refractivity contribution < 1.29 is 18.0 Å². The van der Waals surface area contributed by atoms with Gasteiger partial charge in [0.25, 0.3) is 0 Å². The molecular weight excluding hydrogens is 570 g/mol. The van der Waals surface area contributed by atoms with Gasteiger partial charge in [0.05, 0.1) is 11.9 Å². The van der Waals surface area contributed by atoms with Gasteiger partial charge in [0, 0.05) is 24.5 Å². The van der Waals surface area contributed by atoms with E-state index in [1.165, 1.54) is 4.90 Å². The van der Waals surface area contributed by atoms with Crippen LogP contribution in [-0.4, -0.2) is 50.5 Å². The lowest BCUT2D eigenvalue weighted by molar-refractivity contribution is -0.140. The molecule has 3 aromatic rings. The van der Waals surface area contributed by atoms with Gasteiger partial charge in [0.1, 0.15) is 12.6 Å². The van der Waals surface area contributed by atoms with Gasteiger partial charge in [-0.15, -0.1) is 0 Å². The lowest BCUT2D eigenvalue weighted by Crippen LogP contribution is -2.53. The van der Waals surface area contributed by atoms with Crippen LogP contribution >= 0.6 is 11.6 Å². The Balaban J connectivity index is 2.02. The molecule has 0 radical (unpaired) electrons. The standard InChI is InChI=1S/C33H42ClN3O4S/c1-6-7-21-35-32(39)30(22-25-11-9-8-10-12-25)36(23-26-13-17-28(34)18-14-26)31(38)24-37(42(5,40)41)29-19-15-27(16-20-29)33(2,3)4/h8-20,30H,6-7,21-24H2,1-5H3,(H,35,39)/t30-/m0/s1. The topological polar surface area (TPSA) is 86.8 Å². The molecule has 0 aliphatic rings. The molecule has 1 N–H and O–H groups in total. The van der Waals surface area contributed by atoms with Crippen molar-refractivity contribution in [1.29, 1.82) is 0 Å². The Kier molecular flexibility index (Phi) is 11.6. The minimum Gasteiger partial charge on any atom is -0.354 e. The predicted molar refractivity (Wildman–Crippen MR) is 171 cm³/mol. The lowest BCUT2D eigenvalue weighted by atomic mass is 9.87. The number of nitrogens with one attached hydrogen (secondary N) is 1. The second-order valence-corrected chi connectivity index (χ2v) is 13.9. The molecule has 0 spiro atoms. The summed E-state index contributed by atoms with van der Waals surface area (Å²) in [5, 5.41) is 3.54. The molecule has 0 saturated carbocycles. The third-order valence-corrected chi connectivity index (χ3v) is 8.46. The van der Waals surface area contributed by atoms with Crippen molar-refractivity contribution in [3.05, 3.63) is 101 Å². The zero-order valence-corrected chi connectivity index (χ0v) is 26.7. The molecule has 42 heavy (non-hydrogen) atoms. The number of unbranched alkanes of at least 4 members (excludes halogenated alkanes) is 1. The first-order valence-corrected chi connectivity index (χ1v) is 16.5. The molecule has 0 aliphatic heterocycles. The number of halogens is 1. The molecular formula is C33H42ClN3O4S. The van der Waals surface area contributed by atoms with Crippen molar-refractivity contribution in [2.45, 2.75) is 65.0 Å². The Labute approximate surface area is 255 Å². The highest BCUT2D eigenvalue weighted by molar-refractivity contribution is 7.92. The van der Waals surface area contributed by atoms with Crippen LogP contribution in [0.3, 0.4) is 0 Å². The maximum Gasteiger partial charge on any atom is 0.244 e. The maximum absolute atomic E-state index is 14.2. The van der Waals surface area contributed by atoms with Crippen molar-refractivity contribution in [3.63, 3.8) is 0 Å². The highest BCUT2D eigenvalue weighted by atomic mass is 35.5. The number of sulfonamides is 1. The van der Waals surface area contributed by atoms with Crippen LogP contribution in [0.15, 0.2) is 78.9 Å². The molecule has 0 aromatic heterocycles. The van der Waals surface area contributed by atoms with E-state index < -0.39 is 28.5 Å². The first kappa shape index (κ1) is 33.1. The molecule has 0 aliphatic carbocycles. The number of anilines is 1. The molecule has 0 fully saturated rings. The smallest absolute Gasteiger partial charge is 0.244 e. The van der Waals surface area contributed by atoms with Gasteiger partial charge in [0.2, 0.25) is 21.8 Å². The molecule has 226 valence electrons. The summed E-state index contributed by atoms with van der Waals surface area (Å²) >= 11 is 6.11. The summed E-state index contributed by atoms with van der Waals surface area (Å²) in [6, 6.07) is 22.9. The van der Waals surface area contributed by atoms with E-state index in [2.05, 4.69) is 26.1 Å². The fourth-order valence-electron chi connectivity index (χ4n) is 4.59.